The highest BCUT2D eigenvalue weighted by Crippen LogP contribution is 2.36. The number of aryl methyl sites for hydroxylation is 2. The summed E-state index contributed by atoms with van der Waals surface area (Å²) in [6.07, 6.45) is 3.57. The van der Waals surface area contributed by atoms with Crippen molar-refractivity contribution in [2.75, 3.05) is 23.4 Å². The zero-order chi connectivity index (χ0) is 21.2. The van der Waals surface area contributed by atoms with Gasteiger partial charge >= 0.3 is 0 Å². The van der Waals surface area contributed by atoms with E-state index < -0.39 is 0 Å². The van der Waals surface area contributed by atoms with E-state index in [0.717, 1.165) is 40.6 Å². The predicted octanol–water partition coefficient (Wildman–Crippen LogP) is 5.68. The molecule has 3 heterocycles. The van der Waals surface area contributed by atoms with E-state index in [1.807, 2.05) is 43.5 Å². The van der Waals surface area contributed by atoms with Gasteiger partial charge in [-0.05, 0) is 60.9 Å². The first kappa shape index (κ1) is 19.1. The summed E-state index contributed by atoms with van der Waals surface area (Å²) < 4.78 is 5.80. The van der Waals surface area contributed by atoms with Crippen LogP contribution in [-0.4, -0.2) is 28.1 Å². The summed E-state index contributed by atoms with van der Waals surface area (Å²) in [5, 5.41) is 3.31. The zero-order valence-corrected chi connectivity index (χ0v) is 17.5. The van der Waals surface area contributed by atoms with Gasteiger partial charge < -0.3 is 15.0 Å². The Balaban J connectivity index is 0.00000245. The lowest BCUT2D eigenvalue weighted by Crippen LogP contribution is -2.30. The van der Waals surface area contributed by atoms with Crippen LogP contribution in [0.25, 0.3) is 11.1 Å². The molecule has 0 bridgehead atoms. The van der Waals surface area contributed by atoms with Crippen LogP contribution in [0.3, 0.4) is 0 Å². The Morgan fingerprint density at radius 2 is 1.81 bits per heavy atom. The van der Waals surface area contributed by atoms with Crippen LogP contribution < -0.4 is 15.0 Å². The third-order valence-corrected chi connectivity index (χ3v) is 5.34. The van der Waals surface area contributed by atoms with Crippen LogP contribution in [0.4, 0.5) is 23.1 Å². The monoisotopic (exact) mass is 411 g/mol. The summed E-state index contributed by atoms with van der Waals surface area (Å²) >= 11 is 0. The summed E-state index contributed by atoms with van der Waals surface area (Å²) in [4.78, 5) is 15.7. The van der Waals surface area contributed by atoms with Crippen LogP contribution in [-0.2, 0) is 0 Å². The highest BCUT2D eigenvalue weighted by atomic mass is 16.5. The Morgan fingerprint density at radius 3 is 2.61 bits per heavy atom. The van der Waals surface area contributed by atoms with E-state index in [2.05, 4.69) is 57.4 Å². The Bertz CT molecular complexity index is 1230. The van der Waals surface area contributed by atoms with Crippen LogP contribution in [0.1, 0.15) is 12.7 Å². The molecule has 1 aliphatic rings. The van der Waals surface area contributed by atoms with Gasteiger partial charge in [-0.25, -0.2) is 4.98 Å². The lowest BCUT2D eigenvalue weighted by atomic mass is 10.1. The van der Waals surface area contributed by atoms with E-state index in [0.29, 0.717) is 18.3 Å². The summed E-state index contributed by atoms with van der Waals surface area (Å²) in [5.74, 6) is 2.01. The quantitative estimate of drug-likeness (QED) is 0.466. The van der Waals surface area contributed by atoms with E-state index in [-0.39, 0.29) is 1.43 Å². The molecule has 0 spiro atoms. The number of hydrogen-bond donors (Lipinski definition) is 1. The lowest BCUT2D eigenvalue weighted by Gasteiger charge is -2.31. The van der Waals surface area contributed by atoms with Gasteiger partial charge in [-0.2, -0.15) is 4.98 Å². The molecule has 0 fully saturated rings. The molecule has 1 aliphatic heterocycles. The molecule has 5 rings (SSSR count). The fourth-order valence-corrected chi connectivity index (χ4v) is 3.77. The fraction of sp³-hybridized carbons (Fsp3) is 0.160. The second-order valence-electron chi connectivity index (χ2n) is 7.56. The van der Waals surface area contributed by atoms with Gasteiger partial charge in [0.05, 0.1) is 12.7 Å². The summed E-state index contributed by atoms with van der Waals surface area (Å²) in [6.45, 7) is 5.45. The van der Waals surface area contributed by atoms with Crippen molar-refractivity contribution in [1.82, 2.24) is 15.0 Å². The Labute approximate surface area is 183 Å². The molecular formula is C25H25N5O. The molecular weight excluding hydrogens is 386 g/mol. The second-order valence-corrected chi connectivity index (χ2v) is 7.56. The topological polar surface area (TPSA) is 63.2 Å². The van der Waals surface area contributed by atoms with Crippen LogP contribution >= 0.6 is 0 Å². The number of nitrogens with zero attached hydrogens (tertiary/aromatic N) is 4. The molecule has 2 aromatic heterocycles. The Hall–Kier alpha value is -3.93. The summed E-state index contributed by atoms with van der Waals surface area (Å²) in [5.41, 5.74) is 6.55. The highest BCUT2D eigenvalue weighted by molar-refractivity contribution is 5.71. The molecule has 0 saturated carbocycles. The fourth-order valence-electron chi connectivity index (χ4n) is 3.77. The van der Waals surface area contributed by atoms with Gasteiger partial charge in [0.25, 0.3) is 0 Å². The van der Waals surface area contributed by atoms with E-state index >= 15 is 0 Å². The number of pyridine rings is 1. The van der Waals surface area contributed by atoms with Crippen molar-refractivity contribution in [2.24, 2.45) is 0 Å². The molecule has 0 atom stereocenters. The van der Waals surface area contributed by atoms with Gasteiger partial charge in [-0.15, -0.1) is 0 Å². The third-order valence-electron chi connectivity index (χ3n) is 5.34. The average molecular weight is 412 g/mol. The molecule has 6 heteroatoms. The van der Waals surface area contributed by atoms with Crippen LogP contribution in [0.5, 0.6) is 5.75 Å². The average Bonchev–Trinajstić information content (AvgIpc) is 2.80. The second kappa shape index (κ2) is 8.07. The molecule has 4 aromatic rings. The smallest absolute Gasteiger partial charge is 0.229 e. The largest absolute Gasteiger partial charge is 0.486 e. The maximum absolute atomic E-state index is 5.80. The molecule has 2 aromatic carbocycles. The van der Waals surface area contributed by atoms with Crippen LogP contribution in [0.15, 0.2) is 73.1 Å². The number of rotatable bonds is 4. The third kappa shape index (κ3) is 3.92. The number of anilines is 4. The summed E-state index contributed by atoms with van der Waals surface area (Å²) in [7, 11) is 0. The van der Waals surface area contributed by atoms with Crippen LogP contribution in [0.2, 0.25) is 0 Å². The van der Waals surface area contributed by atoms with Crippen molar-refractivity contribution in [3.8, 4) is 16.9 Å². The molecule has 6 nitrogen and oxygen atoms in total. The Kier molecular flexibility index (Phi) is 4.96. The number of aromatic nitrogens is 3. The molecule has 0 saturated heterocycles. The molecule has 1 N–H and O–H groups in total. The number of hydrogen-bond acceptors (Lipinski definition) is 6. The maximum Gasteiger partial charge on any atom is 0.229 e. The minimum atomic E-state index is 0. The number of benzene rings is 2. The van der Waals surface area contributed by atoms with Gasteiger partial charge in [0, 0.05) is 24.7 Å². The number of nitrogens with one attached hydrogen (secondary N) is 1. The normalized spacial score (nSPS) is 12.8. The van der Waals surface area contributed by atoms with E-state index in [4.69, 9.17) is 9.72 Å². The maximum atomic E-state index is 5.80. The molecule has 0 amide bonds. The number of para-hydroxylation sites is 1. The first-order chi connectivity index (χ1) is 15.2. The molecule has 0 unspecified atom stereocenters. The predicted molar refractivity (Wildman–Crippen MR) is 126 cm³/mol. The van der Waals surface area contributed by atoms with Crippen LogP contribution in [0, 0.1) is 13.8 Å². The van der Waals surface area contributed by atoms with E-state index in [1.165, 1.54) is 5.56 Å². The highest BCUT2D eigenvalue weighted by Gasteiger charge is 2.23. The van der Waals surface area contributed by atoms with Crippen molar-refractivity contribution in [2.45, 2.75) is 13.8 Å². The minimum Gasteiger partial charge on any atom is -0.486 e. The number of ether oxygens (including phenoxy) is 1. The van der Waals surface area contributed by atoms with Gasteiger partial charge in [0.2, 0.25) is 5.95 Å². The van der Waals surface area contributed by atoms with E-state index in [9.17, 15) is 0 Å². The lowest BCUT2D eigenvalue weighted by molar-refractivity contribution is 0.310. The molecule has 0 radical (unpaired) electrons. The van der Waals surface area contributed by atoms with E-state index in [1.54, 1.807) is 6.20 Å². The van der Waals surface area contributed by atoms with Gasteiger partial charge in [-0.3, -0.25) is 4.98 Å². The van der Waals surface area contributed by atoms with Crippen molar-refractivity contribution < 1.29 is 6.16 Å². The first-order valence-electron chi connectivity index (χ1n) is 10.3. The minimum absolute atomic E-state index is 0. The van der Waals surface area contributed by atoms with Crippen molar-refractivity contribution >= 4 is 23.1 Å². The molecule has 156 valence electrons. The van der Waals surface area contributed by atoms with Crippen molar-refractivity contribution in [3.63, 3.8) is 0 Å². The van der Waals surface area contributed by atoms with Gasteiger partial charge in [-0.1, -0.05) is 30.3 Å². The van der Waals surface area contributed by atoms with Crippen molar-refractivity contribution in [3.05, 3.63) is 84.3 Å². The Morgan fingerprint density at radius 1 is 0.968 bits per heavy atom. The standard InChI is InChI=1S/C25H23N5O.H2/c1-17-5-3-4-6-22(17)30-13-14-31-23-16-27-25(29-24(23)30)28-21-9-7-19(8-10-21)20-11-12-26-18(2)15-20;/h3-12,15-16H,13-14H2,1-2H3,(H,27,28,29);1H. The molecule has 31 heavy (non-hydrogen) atoms. The van der Waals surface area contributed by atoms with Gasteiger partial charge in [0.1, 0.15) is 6.61 Å². The molecule has 0 aliphatic carbocycles. The summed E-state index contributed by atoms with van der Waals surface area (Å²) in [6, 6.07) is 20.6. The first-order valence-corrected chi connectivity index (χ1v) is 10.3. The zero-order valence-electron chi connectivity index (χ0n) is 17.5. The van der Waals surface area contributed by atoms with Gasteiger partial charge in [0.15, 0.2) is 11.6 Å². The SMILES string of the molecule is Cc1cc(-c2ccc(Nc3ncc4c(n3)N(c3ccccc3C)CCO4)cc2)ccn1.[HH]. The number of fused-ring (bicyclic) bond motifs is 1. The van der Waals surface area contributed by atoms with Crippen molar-refractivity contribution in [1.29, 1.82) is 0 Å².